The fraction of sp³-hybridized carbons (Fsp3) is 0.773. The van der Waals surface area contributed by atoms with Crippen LogP contribution in [0.5, 0.6) is 0 Å². The minimum absolute atomic E-state index is 0.177. The third-order valence-electron chi connectivity index (χ3n) is 3.58. The fourth-order valence-corrected chi connectivity index (χ4v) is 2.02. The summed E-state index contributed by atoms with van der Waals surface area (Å²) in [6.45, 7) is 8.69. The van der Waals surface area contributed by atoms with Crippen LogP contribution in [0.1, 0.15) is 105 Å². The van der Waals surface area contributed by atoms with Gasteiger partial charge in [-0.15, -0.1) is 0 Å². The van der Waals surface area contributed by atoms with Gasteiger partial charge < -0.3 is 4.74 Å². The van der Waals surface area contributed by atoms with E-state index in [0.29, 0.717) is 6.61 Å². The second kappa shape index (κ2) is 24.2. The summed E-state index contributed by atoms with van der Waals surface area (Å²) in [7, 11) is 0. The van der Waals surface area contributed by atoms with Crippen LogP contribution in [0.4, 0.5) is 0 Å². The highest BCUT2D eigenvalue weighted by molar-refractivity contribution is 5.65. The Hall–Kier alpha value is -1.05. The molecule has 0 aromatic heterocycles. The molecule has 0 N–H and O–H groups in total. The Morgan fingerprint density at radius 1 is 0.667 bits per heavy atom. The Labute approximate surface area is 151 Å². The van der Waals surface area contributed by atoms with Crippen molar-refractivity contribution in [1.29, 1.82) is 0 Å². The van der Waals surface area contributed by atoms with Crippen molar-refractivity contribution >= 4 is 5.97 Å². The quantitative estimate of drug-likeness (QED) is 0.187. The van der Waals surface area contributed by atoms with Gasteiger partial charge in [0.2, 0.25) is 0 Å². The molecule has 0 bridgehead atoms. The normalized spacial score (nSPS) is 10.8. The number of rotatable bonds is 14. The lowest BCUT2D eigenvalue weighted by atomic mass is 10.2. The summed E-state index contributed by atoms with van der Waals surface area (Å²) in [6, 6.07) is 0. The predicted octanol–water partition coefficient (Wildman–Crippen LogP) is 7.39. The molecule has 0 aliphatic carbocycles. The summed E-state index contributed by atoms with van der Waals surface area (Å²) in [5.74, 6) is -0.177. The second-order valence-electron chi connectivity index (χ2n) is 6.21. The van der Waals surface area contributed by atoms with Crippen molar-refractivity contribution in [1.82, 2.24) is 0 Å². The van der Waals surface area contributed by atoms with Crippen molar-refractivity contribution in [3.8, 4) is 0 Å². The van der Waals surface area contributed by atoms with E-state index < -0.39 is 0 Å². The summed E-state index contributed by atoms with van der Waals surface area (Å²) in [4.78, 5) is 10.4. The van der Waals surface area contributed by atoms with Crippen molar-refractivity contribution in [3.63, 3.8) is 0 Å². The molecule has 24 heavy (non-hydrogen) atoms. The smallest absolute Gasteiger partial charge is 0.302 e. The van der Waals surface area contributed by atoms with Crippen LogP contribution in [-0.4, -0.2) is 12.6 Å². The Morgan fingerprint density at radius 3 is 1.38 bits per heavy atom. The molecule has 0 aliphatic heterocycles. The minimum atomic E-state index is -0.177. The van der Waals surface area contributed by atoms with Crippen molar-refractivity contribution < 1.29 is 9.53 Å². The van der Waals surface area contributed by atoms with Crippen LogP contribution >= 0.6 is 0 Å². The van der Waals surface area contributed by atoms with Gasteiger partial charge in [-0.1, -0.05) is 83.6 Å². The molecule has 2 heteroatoms. The predicted molar refractivity (Wildman–Crippen MR) is 107 cm³/mol. The van der Waals surface area contributed by atoms with E-state index in [9.17, 15) is 4.79 Å². The topological polar surface area (TPSA) is 26.3 Å². The highest BCUT2D eigenvalue weighted by Crippen LogP contribution is 2.01. The van der Waals surface area contributed by atoms with Gasteiger partial charge in [0.1, 0.15) is 0 Å². The molecule has 0 aliphatic rings. The van der Waals surface area contributed by atoms with Crippen LogP contribution in [0.2, 0.25) is 0 Å². The van der Waals surface area contributed by atoms with E-state index in [-0.39, 0.29) is 5.97 Å². The Bertz CT molecular complexity index is 282. The molecule has 0 amide bonds. The van der Waals surface area contributed by atoms with Crippen molar-refractivity contribution in [2.24, 2.45) is 0 Å². The highest BCUT2D eigenvalue weighted by Gasteiger charge is 1.91. The lowest BCUT2D eigenvalue weighted by Crippen LogP contribution is -1.99. The first-order valence-corrected chi connectivity index (χ1v) is 10.1. The number of hydrogen-bond donors (Lipinski definition) is 0. The molecule has 0 unspecified atom stereocenters. The van der Waals surface area contributed by atoms with Crippen LogP contribution in [0, 0.1) is 0 Å². The first-order chi connectivity index (χ1) is 11.7. The summed E-state index contributed by atoms with van der Waals surface area (Å²) >= 11 is 0. The van der Waals surface area contributed by atoms with Gasteiger partial charge in [0, 0.05) is 6.92 Å². The first kappa shape index (κ1) is 25.2. The Balaban J connectivity index is 0. The monoisotopic (exact) mass is 338 g/mol. The van der Waals surface area contributed by atoms with Gasteiger partial charge in [-0.2, -0.15) is 0 Å². The van der Waals surface area contributed by atoms with Crippen LogP contribution in [-0.2, 0) is 9.53 Å². The maximum Gasteiger partial charge on any atom is 0.302 e. The number of allylic oxidation sites excluding steroid dienone is 4. The molecule has 0 fully saturated rings. The van der Waals surface area contributed by atoms with Crippen LogP contribution in [0.15, 0.2) is 24.3 Å². The zero-order valence-corrected chi connectivity index (χ0v) is 16.8. The second-order valence-corrected chi connectivity index (χ2v) is 6.21. The van der Waals surface area contributed by atoms with E-state index in [1.807, 2.05) is 0 Å². The average molecular weight is 339 g/mol. The van der Waals surface area contributed by atoms with Gasteiger partial charge in [0.05, 0.1) is 6.61 Å². The van der Waals surface area contributed by atoms with Crippen molar-refractivity contribution in [2.45, 2.75) is 105 Å². The fourth-order valence-electron chi connectivity index (χ4n) is 2.02. The van der Waals surface area contributed by atoms with E-state index in [1.165, 1.54) is 64.7 Å². The van der Waals surface area contributed by atoms with Crippen LogP contribution < -0.4 is 0 Å². The van der Waals surface area contributed by atoms with E-state index >= 15 is 0 Å². The van der Waals surface area contributed by atoms with E-state index in [1.54, 1.807) is 0 Å². The molecule has 0 saturated heterocycles. The number of ether oxygens (including phenoxy) is 1. The summed E-state index contributed by atoms with van der Waals surface area (Å²) in [6.07, 6.45) is 23.9. The standard InChI is InChI=1S/C12H22O2.C10H20/c1-3-4-5-6-7-8-9-10-11-14-12(2)13;1-3-5-7-9-10-8-6-4-2/h6-7H,3-5,8-11H2,1-2H3;9-10H,3-8H2,1-2H3. The molecule has 0 radical (unpaired) electrons. The van der Waals surface area contributed by atoms with Gasteiger partial charge in [0.15, 0.2) is 0 Å². The third kappa shape index (κ3) is 29.0. The van der Waals surface area contributed by atoms with Crippen LogP contribution in [0.25, 0.3) is 0 Å². The number of carbonyl (C=O) groups excluding carboxylic acids is 1. The zero-order valence-electron chi connectivity index (χ0n) is 16.8. The highest BCUT2D eigenvalue weighted by atomic mass is 16.5. The molecule has 0 heterocycles. The number of esters is 1. The molecule has 0 atom stereocenters. The minimum Gasteiger partial charge on any atom is -0.466 e. The summed E-state index contributed by atoms with van der Waals surface area (Å²) in [5, 5.41) is 0. The molecule has 142 valence electrons. The van der Waals surface area contributed by atoms with E-state index in [2.05, 4.69) is 45.1 Å². The lowest BCUT2D eigenvalue weighted by Gasteiger charge is -1.99. The summed E-state index contributed by atoms with van der Waals surface area (Å²) in [5.41, 5.74) is 0. The molecule has 0 rings (SSSR count). The molecule has 0 spiro atoms. The number of carbonyl (C=O) groups is 1. The van der Waals surface area contributed by atoms with Crippen molar-refractivity contribution in [2.75, 3.05) is 6.61 Å². The molecular weight excluding hydrogens is 296 g/mol. The maximum absolute atomic E-state index is 10.4. The van der Waals surface area contributed by atoms with Gasteiger partial charge in [-0.05, 0) is 38.5 Å². The first-order valence-electron chi connectivity index (χ1n) is 10.1. The molecule has 0 aromatic rings. The Kier molecular flexibility index (Phi) is 25.4. The van der Waals surface area contributed by atoms with Gasteiger partial charge in [0.25, 0.3) is 0 Å². The lowest BCUT2D eigenvalue weighted by molar-refractivity contribution is -0.141. The van der Waals surface area contributed by atoms with E-state index in [4.69, 9.17) is 4.74 Å². The largest absolute Gasteiger partial charge is 0.466 e. The zero-order chi connectivity index (χ0) is 18.3. The van der Waals surface area contributed by atoms with Gasteiger partial charge >= 0.3 is 5.97 Å². The van der Waals surface area contributed by atoms with Gasteiger partial charge in [-0.25, -0.2) is 0 Å². The number of unbranched alkanes of at least 4 members (excludes halogenated alkanes) is 8. The van der Waals surface area contributed by atoms with Gasteiger partial charge in [-0.3, -0.25) is 4.79 Å². The molecule has 0 aromatic carbocycles. The number of hydrogen-bond acceptors (Lipinski definition) is 2. The third-order valence-corrected chi connectivity index (χ3v) is 3.58. The SMILES string of the molecule is CCCCC=CCCCC.CCCCC=CCCCCOC(C)=O. The molecular formula is C22H42O2. The maximum atomic E-state index is 10.4. The van der Waals surface area contributed by atoms with Crippen LogP contribution in [0.3, 0.4) is 0 Å². The average Bonchev–Trinajstić information content (AvgIpc) is 2.57. The van der Waals surface area contributed by atoms with E-state index in [0.717, 1.165) is 19.3 Å². The van der Waals surface area contributed by atoms with Crippen molar-refractivity contribution in [3.05, 3.63) is 24.3 Å². The molecule has 2 nitrogen and oxygen atoms in total. The Morgan fingerprint density at radius 2 is 1.04 bits per heavy atom. The summed E-state index contributed by atoms with van der Waals surface area (Å²) < 4.78 is 4.82. The molecule has 0 saturated carbocycles.